The molecule has 1 aliphatic heterocycles. The first-order chi connectivity index (χ1) is 7.33. The maximum Gasteiger partial charge on any atom is 0.0614 e. The zero-order valence-corrected chi connectivity index (χ0v) is 9.63. The Bertz CT molecular complexity index is 158. The summed E-state index contributed by atoms with van der Waals surface area (Å²) in [5.74, 6) is 0. The molecule has 0 amide bonds. The van der Waals surface area contributed by atoms with Gasteiger partial charge >= 0.3 is 0 Å². The number of aliphatic hydroxyl groups excluding tert-OH is 1. The van der Waals surface area contributed by atoms with Gasteiger partial charge in [-0.2, -0.15) is 0 Å². The molecule has 0 saturated carbocycles. The Kier molecular flexibility index (Phi) is 6.17. The first kappa shape index (κ1) is 12.9. The van der Waals surface area contributed by atoms with Gasteiger partial charge in [-0.3, -0.25) is 0 Å². The fraction of sp³-hybridized carbons (Fsp3) is 1.00. The molecule has 1 fully saturated rings. The number of nitrogens with one attached hydrogen (secondary N) is 1. The monoisotopic (exact) mass is 217 g/mol. The molecular formula is C11H23NO3. The van der Waals surface area contributed by atoms with Gasteiger partial charge < -0.3 is 19.9 Å². The maximum atomic E-state index is 9.32. The number of rotatable bonds is 8. The average Bonchev–Trinajstić information content (AvgIpc) is 2.73. The van der Waals surface area contributed by atoms with E-state index in [1.54, 1.807) is 7.11 Å². The smallest absolute Gasteiger partial charge is 0.0614 e. The highest BCUT2D eigenvalue weighted by Gasteiger charge is 2.31. The lowest BCUT2D eigenvalue weighted by Crippen LogP contribution is -2.44. The van der Waals surface area contributed by atoms with Crippen molar-refractivity contribution in [3.63, 3.8) is 0 Å². The molecule has 0 bridgehead atoms. The second kappa shape index (κ2) is 7.17. The van der Waals surface area contributed by atoms with E-state index in [1.165, 1.54) is 0 Å². The van der Waals surface area contributed by atoms with Crippen LogP contribution < -0.4 is 5.32 Å². The quantitative estimate of drug-likeness (QED) is 0.583. The molecule has 1 atom stereocenters. The minimum atomic E-state index is -0.0682. The number of aliphatic hydroxyl groups is 1. The van der Waals surface area contributed by atoms with Crippen LogP contribution in [-0.4, -0.2) is 50.7 Å². The van der Waals surface area contributed by atoms with Crippen LogP contribution in [0.2, 0.25) is 0 Å². The molecule has 4 nitrogen and oxygen atoms in total. The molecule has 4 heteroatoms. The second-order valence-corrected chi connectivity index (χ2v) is 4.18. The molecule has 0 radical (unpaired) electrons. The summed E-state index contributed by atoms with van der Waals surface area (Å²) in [5, 5.41) is 12.7. The highest BCUT2D eigenvalue weighted by atomic mass is 16.5. The van der Waals surface area contributed by atoms with Crippen molar-refractivity contribution in [1.82, 2.24) is 5.32 Å². The molecule has 0 aromatic carbocycles. The first-order valence-electron chi connectivity index (χ1n) is 5.75. The van der Waals surface area contributed by atoms with E-state index in [1.807, 2.05) is 0 Å². The van der Waals surface area contributed by atoms with Crippen LogP contribution in [0.4, 0.5) is 0 Å². The average molecular weight is 217 g/mol. The van der Waals surface area contributed by atoms with Gasteiger partial charge in [0.15, 0.2) is 0 Å². The zero-order chi connectivity index (χ0) is 11.0. The molecule has 1 aliphatic rings. The van der Waals surface area contributed by atoms with Gasteiger partial charge in [0.2, 0.25) is 0 Å². The Morgan fingerprint density at radius 1 is 1.33 bits per heavy atom. The number of methoxy groups -OCH3 is 1. The SMILES string of the molecule is COCCCOCCC1(CO)CCCN1. The van der Waals surface area contributed by atoms with E-state index in [-0.39, 0.29) is 12.1 Å². The third kappa shape index (κ3) is 4.47. The van der Waals surface area contributed by atoms with Crippen molar-refractivity contribution in [1.29, 1.82) is 0 Å². The molecule has 1 heterocycles. The predicted octanol–water partition coefficient (Wildman–Crippen LogP) is 0.544. The standard InChI is InChI=1S/C11H23NO3/c1-14-7-3-8-15-9-5-11(10-13)4-2-6-12-11/h12-13H,2-10H2,1H3. The van der Waals surface area contributed by atoms with Gasteiger partial charge in [0.05, 0.1) is 6.61 Å². The summed E-state index contributed by atoms with van der Waals surface area (Å²) in [6.07, 6.45) is 4.06. The number of hydrogen-bond donors (Lipinski definition) is 2. The lowest BCUT2D eigenvalue weighted by molar-refractivity contribution is 0.0733. The van der Waals surface area contributed by atoms with Crippen LogP contribution in [0.25, 0.3) is 0 Å². The van der Waals surface area contributed by atoms with Crippen molar-refractivity contribution < 1.29 is 14.6 Å². The maximum absolute atomic E-state index is 9.32. The minimum absolute atomic E-state index is 0.0682. The molecule has 90 valence electrons. The van der Waals surface area contributed by atoms with Gasteiger partial charge in [0.1, 0.15) is 0 Å². The second-order valence-electron chi connectivity index (χ2n) is 4.18. The summed E-state index contributed by atoms with van der Waals surface area (Å²) < 4.78 is 10.4. The summed E-state index contributed by atoms with van der Waals surface area (Å²) in [7, 11) is 1.70. The van der Waals surface area contributed by atoms with E-state index in [4.69, 9.17) is 9.47 Å². The van der Waals surface area contributed by atoms with Crippen molar-refractivity contribution in [3.05, 3.63) is 0 Å². The summed E-state index contributed by atoms with van der Waals surface area (Å²) >= 11 is 0. The molecule has 1 rings (SSSR count). The van der Waals surface area contributed by atoms with Crippen LogP contribution >= 0.6 is 0 Å². The molecule has 2 N–H and O–H groups in total. The van der Waals surface area contributed by atoms with Gasteiger partial charge in [-0.1, -0.05) is 0 Å². The molecule has 15 heavy (non-hydrogen) atoms. The van der Waals surface area contributed by atoms with Crippen molar-refractivity contribution >= 4 is 0 Å². The molecule has 1 saturated heterocycles. The summed E-state index contributed by atoms with van der Waals surface area (Å²) in [4.78, 5) is 0. The van der Waals surface area contributed by atoms with E-state index < -0.39 is 0 Å². The highest BCUT2D eigenvalue weighted by Crippen LogP contribution is 2.22. The van der Waals surface area contributed by atoms with Gasteiger partial charge in [-0.25, -0.2) is 0 Å². The molecular weight excluding hydrogens is 194 g/mol. The Hall–Kier alpha value is -0.160. The molecule has 0 spiro atoms. The fourth-order valence-electron chi connectivity index (χ4n) is 1.97. The zero-order valence-electron chi connectivity index (χ0n) is 9.63. The van der Waals surface area contributed by atoms with Crippen LogP contribution in [-0.2, 0) is 9.47 Å². The van der Waals surface area contributed by atoms with E-state index in [0.717, 1.165) is 52.0 Å². The Labute approximate surface area is 92.0 Å². The van der Waals surface area contributed by atoms with Crippen LogP contribution in [0.5, 0.6) is 0 Å². The lowest BCUT2D eigenvalue weighted by Gasteiger charge is -2.26. The Balaban J connectivity index is 2.02. The lowest BCUT2D eigenvalue weighted by atomic mass is 9.95. The molecule has 0 aromatic heterocycles. The third-order valence-electron chi connectivity index (χ3n) is 3.00. The first-order valence-corrected chi connectivity index (χ1v) is 5.75. The molecule has 1 unspecified atom stereocenters. The van der Waals surface area contributed by atoms with E-state index in [0.29, 0.717) is 0 Å². The van der Waals surface area contributed by atoms with Crippen molar-refractivity contribution in [3.8, 4) is 0 Å². The fourth-order valence-corrected chi connectivity index (χ4v) is 1.97. The Morgan fingerprint density at radius 2 is 2.20 bits per heavy atom. The summed E-state index contributed by atoms with van der Waals surface area (Å²) in [5.41, 5.74) is -0.0682. The van der Waals surface area contributed by atoms with Crippen LogP contribution in [0.15, 0.2) is 0 Å². The Morgan fingerprint density at radius 3 is 2.80 bits per heavy atom. The summed E-state index contributed by atoms with van der Waals surface area (Å²) in [6.45, 7) is 3.45. The number of ether oxygens (including phenoxy) is 2. The predicted molar refractivity (Wildman–Crippen MR) is 59.0 cm³/mol. The van der Waals surface area contributed by atoms with Crippen molar-refractivity contribution in [2.24, 2.45) is 0 Å². The highest BCUT2D eigenvalue weighted by molar-refractivity contribution is 4.92. The van der Waals surface area contributed by atoms with Crippen LogP contribution in [0.1, 0.15) is 25.7 Å². The third-order valence-corrected chi connectivity index (χ3v) is 3.00. The van der Waals surface area contributed by atoms with Gasteiger partial charge in [-0.05, 0) is 32.2 Å². The largest absolute Gasteiger partial charge is 0.394 e. The van der Waals surface area contributed by atoms with Gasteiger partial charge in [0, 0.05) is 32.5 Å². The summed E-state index contributed by atoms with van der Waals surface area (Å²) in [6, 6.07) is 0. The normalized spacial score (nSPS) is 26.0. The van der Waals surface area contributed by atoms with E-state index in [2.05, 4.69) is 5.32 Å². The van der Waals surface area contributed by atoms with E-state index >= 15 is 0 Å². The van der Waals surface area contributed by atoms with Crippen LogP contribution in [0.3, 0.4) is 0 Å². The van der Waals surface area contributed by atoms with Crippen LogP contribution in [0, 0.1) is 0 Å². The molecule has 0 aromatic rings. The molecule has 0 aliphatic carbocycles. The van der Waals surface area contributed by atoms with Gasteiger partial charge in [-0.15, -0.1) is 0 Å². The minimum Gasteiger partial charge on any atom is -0.394 e. The van der Waals surface area contributed by atoms with Crippen molar-refractivity contribution in [2.75, 3.05) is 40.1 Å². The van der Waals surface area contributed by atoms with E-state index in [9.17, 15) is 5.11 Å². The van der Waals surface area contributed by atoms with Gasteiger partial charge in [0.25, 0.3) is 0 Å². The topological polar surface area (TPSA) is 50.7 Å². The number of hydrogen-bond acceptors (Lipinski definition) is 4. The van der Waals surface area contributed by atoms with Crippen molar-refractivity contribution in [2.45, 2.75) is 31.2 Å².